The molecule has 0 aliphatic carbocycles. The average molecular weight is 543 g/mol. The van der Waals surface area contributed by atoms with E-state index in [0.717, 1.165) is 0 Å². The van der Waals surface area contributed by atoms with Crippen molar-refractivity contribution >= 4 is 64.8 Å². The SMILES string of the molecule is c1ccc(-c2ccc3c(c2)Sc2cccc4c2c-3cc2sc3cc(-c5ccc6ccccc6c5)ccc3c24)cc1. The highest BCUT2D eigenvalue weighted by atomic mass is 32.2. The first-order valence-corrected chi connectivity index (χ1v) is 15.2. The number of hydrogen-bond donors (Lipinski definition) is 0. The standard InChI is InChI=1S/C38H22S2/c1-2-7-23(8-3-1)27-15-17-29-32-22-36-37(31-11-6-12-33(38(31)32)39-34(29)20-27)30-18-16-28(21-35(30)40-36)26-14-13-24-9-4-5-10-25(24)19-26/h1-22H. The Balaban J connectivity index is 1.25. The maximum atomic E-state index is 2.45. The smallest absolute Gasteiger partial charge is 0.0368 e. The van der Waals surface area contributed by atoms with E-state index in [0.29, 0.717) is 0 Å². The monoisotopic (exact) mass is 542 g/mol. The molecule has 1 aromatic heterocycles. The Morgan fingerprint density at radius 2 is 1.15 bits per heavy atom. The van der Waals surface area contributed by atoms with Crippen LogP contribution < -0.4 is 0 Å². The molecule has 0 N–H and O–H groups in total. The summed E-state index contributed by atoms with van der Waals surface area (Å²) in [5.41, 5.74) is 7.76. The number of benzene rings is 7. The van der Waals surface area contributed by atoms with Gasteiger partial charge in [0, 0.05) is 35.3 Å². The van der Waals surface area contributed by atoms with E-state index in [2.05, 4.69) is 133 Å². The Hall–Kier alpha value is -4.37. The Labute approximate surface area is 240 Å². The molecule has 8 aromatic rings. The molecule has 1 aliphatic rings. The van der Waals surface area contributed by atoms with Crippen LogP contribution in [-0.2, 0) is 0 Å². The highest BCUT2D eigenvalue weighted by Crippen LogP contribution is 2.52. The average Bonchev–Trinajstić information content (AvgIpc) is 3.39. The van der Waals surface area contributed by atoms with E-state index in [9.17, 15) is 0 Å². The molecule has 1 aliphatic heterocycles. The maximum absolute atomic E-state index is 2.45. The van der Waals surface area contributed by atoms with E-state index in [4.69, 9.17) is 0 Å². The Morgan fingerprint density at radius 3 is 2.08 bits per heavy atom. The van der Waals surface area contributed by atoms with Crippen LogP contribution in [0.4, 0.5) is 0 Å². The van der Waals surface area contributed by atoms with Crippen molar-refractivity contribution in [2.45, 2.75) is 9.79 Å². The molecule has 0 nitrogen and oxygen atoms in total. The molecule has 0 amide bonds. The number of hydrogen-bond acceptors (Lipinski definition) is 2. The van der Waals surface area contributed by atoms with Gasteiger partial charge in [0.15, 0.2) is 0 Å². The van der Waals surface area contributed by atoms with Crippen LogP contribution in [0.3, 0.4) is 0 Å². The van der Waals surface area contributed by atoms with E-state index in [1.807, 2.05) is 23.1 Å². The lowest BCUT2D eigenvalue weighted by Crippen LogP contribution is -1.94. The van der Waals surface area contributed by atoms with Crippen LogP contribution in [-0.4, -0.2) is 0 Å². The van der Waals surface area contributed by atoms with E-state index >= 15 is 0 Å². The lowest BCUT2D eigenvalue weighted by atomic mass is 9.93. The minimum atomic E-state index is 1.26. The van der Waals surface area contributed by atoms with Crippen molar-refractivity contribution in [3.63, 3.8) is 0 Å². The zero-order chi connectivity index (χ0) is 26.2. The van der Waals surface area contributed by atoms with Gasteiger partial charge in [-0.05, 0) is 79.9 Å². The first-order valence-electron chi connectivity index (χ1n) is 13.6. The van der Waals surface area contributed by atoms with Gasteiger partial charge < -0.3 is 0 Å². The zero-order valence-electron chi connectivity index (χ0n) is 21.5. The topological polar surface area (TPSA) is 0 Å². The van der Waals surface area contributed by atoms with E-state index < -0.39 is 0 Å². The van der Waals surface area contributed by atoms with Crippen molar-refractivity contribution in [2.24, 2.45) is 0 Å². The van der Waals surface area contributed by atoms with Crippen LogP contribution in [0.15, 0.2) is 143 Å². The second-order valence-electron chi connectivity index (χ2n) is 10.5. The third-order valence-electron chi connectivity index (χ3n) is 8.24. The van der Waals surface area contributed by atoms with Gasteiger partial charge in [-0.15, -0.1) is 11.3 Å². The molecule has 9 rings (SSSR count). The van der Waals surface area contributed by atoms with Gasteiger partial charge in [0.1, 0.15) is 0 Å². The lowest BCUT2D eigenvalue weighted by molar-refractivity contribution is 1.40. The highest BCUT2D eigenvalue weighted by molar-refractivity contribution is 7.99. The molecule has 0 fully saturated rings. The third kappa shape index (κ3) is 3.33. The molecule has 2 heterocycles. The number of fused-ring (bicyclic) bond motifs is 7. The maximum Gasteiger partial charge on any atom is 0.0368 e. The molecule has 0 radical (unpaired) electrons. The fourth-order valence-corrected chi connectivity index (χ4v) is 8.70. The van der Waals surface area contributed by atoms with E-state index in [-0.39, 0.29) is 0 Å². The summed E-state index contributed by atoms with van der Waals surface area (Å²) in [5, 5.41) is 8.05. The van der Waals surface area contributed by atoms with Crippen LogP contribution in [0.5, 0.6) is 0 Å². The van der Waals surface area contributed by atoms with Crippen molar-refractivity contribution in [3.8, 4) is 33.4 Å². The summed E-state index contributed by atoms with van der Waals surface area (Å²) in [7, 11) is 0. The second kappa shape index (κ2) is 8.56. The molecule has 0 bridgehead atoms. The van der Waals surface area contributed by atoms with Crippen LogP contribution in [0, 0.1) is 0 Å². The van der Waals surface area contributed by atoms with Crippen molar-refractivity contribution in [2.75, 3.05) is 0 Å². The van der Waals surface area contributed by atoms with Gasteiger partial charge in [0.2, 0.25) is 0 Å². The fourth-order valence-electron chi connectivity index (χ4n) is 6.32. The molecule has 7 aromatic carbocycles. The van der Waals surface area contributed by atoms with E-state index in [1.165, 1.54) is 84.9 Å². The van der Waals surface area contributed by atoms with Crippen LogP contribution in [0.25, 0.3) is 75.1 Å². The molecule has 0 spiro atoms. The minimum Gasteiger partial charge on any atom is -0.135 e. The van der Waals surface area contributed by atoms with Crippen molar-refractivity contribution in [3.05, 3.63) is 133 Å². The number of thiophene rings is 1. The van der Waals surface area contributed by atoms with E-state index in [1.54, 1.807) is 0 Å². The van der Waals surface area contributed by atoms with Crippen molar-refractivity contribution in [1.29, 1.82) is 0 Å². The van der Waals surface area contributed by atoms with Gasteiger partial charge in [0.05, 0.1) is 0 Å². The second-order valence-corrected chi connectivity index (χ2v) is 12.7. The minimum absolute atomic E-state index is 1.26. The van der Waals surface area contributed by atoms with Crippen molar-refractivity contribution < 1.29 is 0 Å². The van der Waals surface area contributed by atoms with Gasteiger partial charge in [-0.3, -0.25) is 0 Å². The molecular formula is C38H22S2. The molecule has 40 heavy (non-hydrogen) atoms. The summed E-state index contributed by atoms with van der Waals surface area (Å²) in [6.45, 7) is 0. The summed E-state index contributed by atoms with van der Waals surface area (Å²) in [6, 6.07) is 49.3. The Morgan fingerprint density at radius 1 is 0.375 bits per heavy atom. The van der Waals surface area contributed by atoms with Gasteiger partial charge >= 0.3 is 0 Å². The van der Waals surface area contributed by atoms with Crippen LogP contribution >= 0.6 is 23.1 Å². The fraction of sp³-hybridized carbons (Fsp3) is 0. The zero-order valence-corrected chi connectivity index (χ0v) is 23.2. The van der Waals surface area contributed by atoms with Gasteiger partial charge in [-0.25, -0.2) is 0 Å². The summed E-state index contributed by atoms with van der Waals surface area (Å²) in [5.74, 6) is 0. The van der Waals surface area contributed by atoms with Gasteiger partial charge in [-0.1, -0.05) is 115 Å². The first kappa shape index (κ1) is 22.4. The Kier molecular flexibility index (Phi) is 4.81. The van der Waals surface area contributed by atoms with Crippen molar-refractivity contribution in [1.82, 2.24) is 0 Å². The van der Waals surface area contributed by atoms with Gasteiger partial charge in [-0.2, -0.15) is 0 Å². The predicted octanol–water partition coefficient (Wildman–Crippen LogP) is 11.8. The molecule has 2 heteroatoms. The summed E-state index contributed by atoms with van der Waals surface area (Å²) in [6.07, 6.45) is 0. The summed E-state index contributed by atoms with van der Waals surface area (Å²) in [4.78, 5) is 2.68. The molecule has 0 saturated carbocycles. The normalized spacial score (nSPS) is 12.4. The molecule has 0 unspecified atom stereocenters. The first-order chi connectivity index (χ1) is 19.8. The molecular weight excluding hydrogens is 521 g/mol. The molecule has 186 valence electrons. The predicted molar refractivity (Wildman–Crippen MR) is 175 cm³/mol. The summed E-state index contributed by atoms with van der Waals surface area (Å²) < 4.78 is 2.70. The summed E-state index contributed by atoms with van der Waals surface area (Å²) >= 11 is 3.82. The molecule has 0 atom stereocenters. The third-order valence-corrected chi connectivity index (χ3v) is 10.5. The lowest BCUT2D eigenvalue weighted by Gasteiger charge is -2.21. The molecule has 0 saturated heterocycles. The quantitative estimate of drug-likeness (QED) is 0.209. The largest absolute Gasteiger partial charge is 0.135 e. The van der Waals surface area contributed by atoms with Crippen LogP contribution in [0.1, 0.15) is 0 Å². The van der Waals surface area contributed by atoms with Gasteiger partial charge in [0.25, 0.3) is 0 Å². The van der Waals surface area contributed by atoms with Crippen LogP contribution in [0.2, 0.25) is 0 Å². The highest BCUT2D eigenvalue weighted by Gasteiger charge is 2.23. The number of rotatable bonds is 2. The Bertz CT molecular complexity index is 2290.